The Kier molecular flexibility index (Phi) is 3.48. The highest BCUT2D eigenvalue weighted by Crippen LogP contribution is 2.27. The molecule has 2 N–H and O–H groups in total. The Balaban J connectivity index is 2.43. The lowest BCUT2D eigenvalue weighted by molar-refractivity contribution is 0.321. The predicted octanol–water partition coefficient (Wildman–Crippen LogP) is 2.88. The lowest BCUT2D eigenvalue weighted by atomic mass is 10.0. The van der Waals surface area contributed by atoms with Crippen LogP contribution in [0.1, 0.15) is 5.56 Å². The van der Waals surface area contributed by atoms with Crippen LogP contribution in [0.25, 0.3) is 11.1 Å². The molecule has 4 nitrogen and oxygen atoms in total. The predicted molar refractivity (Wildman–Crippen MR) is 69.5 cm³/mol. The van der Waals surface area contributed by atoms with Crippen LogP contribution < -0.4 is 4.74 Å². The van der Waals surface area contributed by atoms with E-state index in [0.717, 1.165) is 11.1 Å². The Labute approximate surface area is 105 Å². The molecule has 0 fully saturated rings. The number of phenols is 1. The van der Waals surface area contributed by atoms with Gasteiger partial charge in [-0.1, -0.05) is 23.4 Å². The molecule has 0 heterocycles. The summed E-state index contributed by atoms with van der Waals surface area (Å²) in [7, 11) is 1.56. The molecule has 0 bridgehead atoms. The summed E-state index contributed by atoms with van der Waals surface area (Å²) in [4.78, 5) is 0. The number of methoxy groups -OCH3 is 1. The maximum absolute atomic E-state index is 9.25. The maximum Gasteiger partial charge on any atom is 0.128 e. The van der Waals surface area contributed by atoms with Gasteiger partial charge < -0.3 is 15.1 Å². The van der Waals surface area contributed by atoms with E-state index in [1.54, 1.807) is 25.3 Å². The topological polar surface area (TPSA) is 62.0 Å². The molecule has 92 valence electrons. The van der Waals surface area contributed by atoms with Gasteiger partial charge in [0.25, 0.3) is 0 Å². The van der Waals surface area contributed by atoms with Crippen LogP contribution in [-0.2, 0) is 0 Å². The van der Waals surface area contributed by atoms with Crippen LogP contribution in [0.15, 0.2) is 47.6 Å². The SMILES string of the molecule is COc1cc(-c2ccc(O)cc2)ccc1C=NO. The average molecular weight is 243 g/mol. The first kappa shape index (κ1) is 12.0. The van der Waals surface area contributed by atoms with E-state index < -0.39 is 0 Å². The van der Waals surface area contributed by atoms with Crippen LogP contribution in [-0.4, -0.2) is 23.6 Å². The van der Waals surface area contributed by atoms with Gasteiger partial charge in [0, 0.05) is 5.56 Å². The minimum absolute atomic E-state index is 0.231. The van der Waals surface area contributed by atoms with Gasteiger partial charge in [0.1, 0.15) is 11.5 Å². The summed E-state index contributed by atoms with van der Waals surface area (Å²) in [6.07, 6.45) is 1.32. The fourth-order valence-corrected chi connectivity index (χ4v) is 1.71. The number of rotatable bonds is 3. The van der Waals surface area contributed by atoms with Gasteiger partial charge in [-0.2, -0.15) is 0 Å². The lowest BCUT2D eigenvalue weighted by Crippen LogP contribution is -1.91. The van der Waals surface area contributed by atoms with Crippen molar-refractivity contribution in [2.45, 2.75) is 0 Å². The highest BCUT2D eigenvalue weighted by atomic mass is 16.5. The van der Waals surface area contributed by atoms with Gasteiger partial charge >= 0.3 is 0 Å². The Morgan fingerprint density at radius 1 is 1.06 bits per heavy atom. The zero-order valence-corrected chi connectivity index (χ0v) is 9.87. The third-order valence-electron chi connectivity index (χ3n) is 2.63. The van der Waals surface area contributed by atoms with Crippen molar-refractivity contribution in [1.29, 1.82) is 0 Å². The minimum Gasteiger partial charge on any atom is -0.508 e. The Morgan fingerprint density at radius 2 is 1.72 bits per heavy atom. The first-order valence-corrected chi connectivity index (χ1v) is 5.39. The maximum atomic E-state index is 9.25. The average Bonchev–Trinajstić information content (AvgIpc) is 2.40. The van der Waals surface area contributed by atoms with E-state index in [-0.39, 0.29) is 5.75 Å². The van der Waals surface area contributed by atoms with Crippen molar-refractivity contribution in [1.82, 2.24) is 0 Å². The summed E-state index contributed by atoms with van der Waals surface area (Å²) < 4.78 is 5.23. The summed E-state index contributed by atoms with van der Waals surface area (Å²) in [6, 6.07) is 12.5. The summed E-state index contributed by atoms with van der Waals surface area (Å²) >= 11 is 0. The first-order valence-electron chi connectivity index (χ1n) is 5.39. The standard InChI is InChI=1S/C14H13NO3/c1-18-14-8-11(2-3-12(14)9-15-17)10-4-6-13(16)7-5-10/h2-9,16-17H,1H3. The highest BCUT2D eigenvalue weighted by Gasteiger charge is 2.04. The van der Waals surface area contributed by atoms with Crippen molar-refractivity contribution in [2.24, 2.45) is 5.16 Å². The second-order valence-corrected chi connectivity index (χ2v) is 3.75. The van der Waals surface area contributed by atoms with Crippen LogP contribution in [0.4, 0.5) is 0 Å². The number of benzene rings is 2. The molecule has 0 aliphatic carbocycles. The first-order chi connectivity index (χ1) is 8.74. The van der Waals surface area contributed by atoms with Crippen molar-refractivity contribution in [3.8, 4) is 22.6 Å². The fourth-order valence-electron chi connectivity index (χ4n) is 1.71. The molecular weight excluding hydrogens is 230 g/mol. The smallest absolute Gasteiger partial charge is 0.128 e. The number of hydrogen-bond acceptors (Lipinski definition) is 4. The normalized spacial score (nSPS) is 10.7. The van der Waals surface area contributed by atoms with Gasteiger partial charge in [-0.3, -0.25) is 0 Å². The minimum atomic E-state index is 0.231. The third kappa shape index (κ3) is 2.43. The number of ether oxygens (including phenoxy) is 1. The van der Waals surface area contributed by atoms with Gasteiger partial charge in [-0.15, -0.1) is 0 Å². The fraction of sp³-hybridized carbons (Fsp3) is 0.0714. The number of phenolic OH excluding ortho intramolecular Hbond substituents is 1. The van der Waals surface area contributed by atoms with E-state index in [1.807, 2.05) is 24.3 Å². The molecule has 2 rings (SSSR count). The quantitative estimate of drug-likeness (QED) is 0.495. The van der Waals surface area contributed by atoms with E-state index in [9.17, 15) is 5.11 Å². The van der Waals surface area contributed by atoms with Crippen LogP contribution in [0.5, 0.6) is 11.5 Å². The summed E-state index contributed by atoms with van der Waals surface area (Å²) in [6.45, 7) is 0. The van der Waals surface area contributed by atoms with Crippen molar-refractivity contribution in [3.05, 3.63) is 48.0 Å². The molecule has 18 heavy (non-hydrogen) atoms. The van der Waals surface area contributed by atoms with Crippen molar-refractivity contribution in [3.63, 3.8) is 0 Å². The van der Waals surface area contributed by atoms with E-state index >= 15 is 0 Å². The Hall–Kier alpha value is -2.49. The van der Waals surface area contributed by atoms with Gasteiger partial charge in [-0.05, 0) is 35.4 Å². The molecule has 0 saturated carbocycles. The molecular formula is C14H13NO3. The molecule has 0 amide bonds. The molecule has 0 aliphatic rings. The van der Waals surface area contributed by atoms with Gasteiger partial charge in [0.15, 0.2) is 0 Å². The van der Waals surface area contributed by atoms with Crippen molar-refractivity contribution < 1.29 is 15.1 Å². The number of nitrogens with zero attached hydrogens (tertiary/aromatic N) is 1. The van der Waals surface area contributed by atoms with E-state index in [2.05, 4.69) is 5.16 Å². The molecule has 0 atom stereocenters. The summed E-state index contributed by atoms with van der Waals surface area (Å²) in [5.74, 6) is 0.855. The molecule has 2 aromatic rings. The lowest BCUT2D eigenvalue weighted by Gasteiger charge is -2.08. The largest absolute Gasteiger partial charge is 0.508 e. The molecule has 4 heteroatoms. The van der Waals surface area contributed by atoms with E-state index in [1.165, 1.54) is 6.21 Å². The van der Waals surface area contributed by atoms with Gasteiger partial charge in [0.05, 0.1) is 13.3 Å². The van der Waals surface area contributed by atoms with Crippen LogP contribution >= 0.6 is 0 Å². The van der Waals surface area contributed by atoms with E-state index in [4.69, 9.17) is 9.94 Å². The second-order valence-electron chi connectivity index (χ2n) is 3.75. The number of hydrogen-bond donors (Lipinski definition) is 2. The molecule has 0 aromatic heterocycles. The zero-order valence-electron chi connectivity index (χ0n) is 9.87. The summed E-state index contributed by atoms with van der Waals surface area (Å²) in [5.41, 5.74) is 2.63. The molecule has 0 radical (unpaired) electrons. The molecule has 0 aliphatic heterocycles. The second kappa shape index (κ2) is 5.23. The molecule has 0 saturated heterocycles. The van der Waals surface area contributed by atoms with Crippen LogP contribution in [0.3, 0.4) is 0 Å². The highest BCUT2D eigenvalue weighted by molar-refractivity contribution is 5.85. The number of oxime groups is 1. The van der Waals surface area contributed by atoms with Crippen LogP contribution in [0, 0.1) is 0 Å². The Bertz CT molecular complexity index is 562. The molecule has 0 unspecified atom stereocenters. The third-order valence-corrected chi connectivity index (χ3v) is 2.63. The van der Waals surface area contributed by atoms with Gasteiger partial charge in [-0.25, -0.2) is 0 Å². The molecule has 2 aromatic carbocycles. The Morgan fingerprint density at radius 3 is 2.33 bits per heavy atom. The monoisotopic (exact) mass is 243 g/mol. The van der Waals surface area contributed by atoms with Crippen molar-refractivity contribution in [2.75, 3.05) is 7.11 Å². The van der Waals surface area contributed by atoms with Crippen molar-refractivity contribution >= 4 is 6.21 Å². The van der Waals surface area contributed by atoms with Crippen LogP contribution in [0.2, 0.25) is 0 Å². The zero-order chi connectivity index (χ0) is 13.0. The molecule has 0 spiro atoms. The van der Waals surface area contributed by atoms with Gasteiger partial charge in [0.2, 0.25) is 0 Å². The summed E-state index contributed by atoms with van der Waals surface area (Å²) in [5, 5.41) is 20.8. The van der Waals surface area contributed by atoms with E-state index in [0.29, 0.717) is 11.3 Å². The number of aromatic hydroxyl groups is 1.